The summed E-state index contributed by atoms with van der Waals surface area (Å²) in [6, 6.07) is 20.6. The highest BCUT2D eigenvalue weighted by Crippen LogP contribution is 2.25. The quantitative estimate of drug-likeness (QED) is 0.511. The third-order valence-electron chi connectivity index (χ3n) is 4.81. The second-order valence-corrected chi connectivity index (χ2v) is 7.32. The minimum absolute atomic E-state index is 0.0408. The zero-order chi connectivity index (χ0) is 22.2. The van der Waals surface area contributed by atoms with E-state index in [1.165, 1.54) is 5.56 Å². The van der Waals surface area contributed by atoms with E-state index in [2.05, 4.69) is 16.0 Å². The molecule has 3 aromatic carbocycles. The molecule has 0 bridgehead atoms. The number of methoxy groups -OCH3 is 1. The molecule has 0 heterocycles. The SMILES string of the molecule is COc1ccc(C)cc1NCC(=O)Nc1ccccc1C(=O)NCc1ccc(C)cc1. The van der Waals surface area contributed by atoms with E-state index in [1.807, 2.05) is 56.3 Å². The molecule has 2 amide bonds. The maximum atomic E-state index is 12.7. The average molecular weight is 418 g/mol. The van der Waals surface area contributed by atoms with E-state index in [-0.39, 0.29) is 18.4 Å². The van der Waals surface area contributed by atoms with Crippen LogP contribution in [0.4, 0.5) is 11.4 Å². The topological polar surface area (TPSA) is 79.5 Å². The first-order chi connectivity index (χ1) is 15.0. The van der Waals surface area contributed by atoms with Crippen LogP contribution in [-0.4, -0.2) is 25.5 Å². The molecule has 3 aromatic rings. The number of nitrogens with one attached hydrogen (secondary N) is 3. The zero-order valence-corrected chi connectivity index (χ0v) is 18.0. The highest BCUT2D eigenvalue weighted by molar-refractivity contribution is 6.04. The molecule has 0 saturated heterocycles. The standard InChI is InChI=1S/C25H27N3O3/c1-17-8-11-19(12-9-17)15-27-25(30)20-6-4-5-7-21(20)28-24(29)16-26-22-14-18(2)10-13-23(22)31-3/h4-14,26H,15-16H2,1-3H3,(H,27,30)(H,28,29). The lowest BCUT2D eigenvalue weighted by atomic mass is 10.1. The van der Waals surface area contributed by atoms with Crippen molar-refractivity contribution in [3.8, 4) is 5.75 Å². The van der Waals surface area contributed by atoms with Crippen LogP contribution in [0.25, 0.3) is 0 Å². The molecule has 160 valence electrons. The van der Waals surface area contributed by atoms with Crippen LogP contribution in [0.15, 0.2) is 66.7 Å². The van der Waals surface area contributed by atoms with Gasteiger partial charge in [0.25, 0.3) is 5.91 Å². The predicted octanol–water partition coefficient (Wildman–Crippen LogP) is 4.29. The molecule has 0 atom stereocenters. The van der Waals surface area contributed by atoms with E-state index in [0.29, 0.717) is 23.5 Å². The van der Waals surface area contributed by atoms with Gasteiger partial charge in [-0.2, -0.15) is 0 Å². The van der Waals surface area contributed by atoms with Gasteiger partial charge >= 0.3 is 0 Å². The normalized spacial score (nSPS) is 10.3. The highest BCUT2D eigenvalue weighted by Gasteiger charge is 2.13. The van der Waals surface area contributed by atoms with E-state index < -0.39 is 0 Å². The third kappa shape index (κ3) is 6.09. The largest absolute Gasteiger partial charge is 0.495 e. The number of hydrogen-bond acceptors (Lipinski definition) is 4. The Kier molecular flexibility index (Phi) is 7.27. The van der Waals surface area contributed by atoms with Crippen molar-refractivity contribution in [2.24, 2.45) is 0 Å². The van der Waals surface area contributed by atoms with Gasteiger partial charge in [0.05, 0.1) is 30.6 Å². The van der Waals surface area contributed by atoms with Crippen molar-refractivity contribution in [2.45, 2.75) is 20.4 Å². The smallest absolute Gasteiger partial charge is 0.253 e. The Hall–Kier alpha value is -3.80. The summed E-state index contributed by atoms with van der Waals surface area (Å²) in [6.07, 6.45) is 0. The van der Waals surface area contributed by atoms with Crippen LogP contribution in [0.5, 0.6) is 5.75 Å². The number of benzene rings is 3. The molecular formula is C25H27N3O3. The van der Waals surface area contributed by atoms with E-state index >= 15 is 0 Å². The van der Waals surface area contributed by atoms with Gasteiger partial charge in [-0.05, 0) is 49.2 Å². The van der Waals surface area contributed by atoms with Gasteiger partial charge in [0, 0.05) is 6.54 Å². The first-order valence-corrected chi connectivity index (χ1v) is 10.1. The molecule has 6 heteroatoms. The number of para-hydroxylation sites is 1. The van der Waals surface area contributed by atoms with Crippen molar-refractivity contribution in [2.75, 3.05) is 24.3 Å². The van der Waals surface area contributed by atoms with Crippen molar-refractivity contribution < 1.29 is 14.3 Å². The van der Waals surface area contributed by atoms with Crippen LogP contribution in [0.2, 0.25) is 0 Å². The van der Waals surface area contributed by atoms with Gasteiger partial charge in [0.15, 0.2) is 0 Å². The van der Waals surface area contributed by atoms with Crippen molar-refractivity contribution in [3.63, 3.8) is 0 Å². The van der Waals surface area contributed by atoms with Crippen LogP contribution < -0.4 is 20.7 Å². The fraction of sp³-hybridized carbons (Fsp3) is 0.200. The summed E-state index contributed by atoms with van der Waals surface area (Å²) in [5, 5.41) is 8.81. The summed E-state index contributed by atoms with van der Waals surface area (Å²) in [7, 11) is 1.58. The lowest BCUT2D eigenvalue weighted by Crippen LogP contribution is -2.26. The summed E-state index contributed by atoms with van der Waals surface area (Å²) in [6.45, 7) is 4.44. The third-order valence-corrected chi connectivity index (χ3v) is 4.81. The summed E-state index contributed by atoms with van der Waals surface area (Å²) in [5.74, 6) is 0.154. The Balaban J connectivity index is 1.61. The van der Waals surface area contributed by atoms with Crippen molar-refractivity contribution in [3.05, 3.63) is 89.0 Å². The summed E-state index contributed by atoms with van der Waals surface area (Å²) >= 11 is 0. The van der Waals surface area contributed by atoms with Crippen LogP contribution in [-0.2, 0) is 11.3 Å². The molecule has 0 aliphatic rings. The number of rotatable bonds is 8. The molecule has 0 saturated carbocycles. The highest BCUT2D eigenvalue weighted by atomic mass is 16.5. The molecule has 0 aliphatic heterocycles. The molecular weight excluding hydrogens is 390 g/mol. The Bertz CT molecular complexity index is 1060. The van der Waals surface area contributed by atoms with Gasteiger partial charge in [-0.1, -0.05) is 48.0 Å². The number of aryl methyl sites for hydroxylation is 2. The Morgan fingerprint density at radius 3 is 2.32 bits per heavy atom. The van der Waals surface area contributed by atoms with Gasteiger partial charge in [-0.3, -0.25) is 9.59 Å². The van der Waals surface area contributed by atoms with Crippen LogP contribution in [0.1, 0.15) is 27.0 Å². The minimum Gasteiger partial charge on any atom is -0.495 e. The second-order valence-electron chi connectivity index (χ2n) is 7.32. The van der Waals surface area contributed by atoms with E-state index in [1.54, 1.807) is 31.4 Å². The lowest BCUT2D eigenvalue weighted by molar-refractivity contribution is -0.114. The molecule has 0 aromatic heterocycles. The molecule has 3 N–H and O–H groups in total. The number of amides is 2. The lowest BCUT2D eigenvalue weighted by Gasteiger charge is -2.14. The molecule has 6 nitrogen and oxygen atoms in total. The first-order valence-electron chi connectivity index (χ1n) is 10.1. The fourth-order valence-electron chi connectivity index (χ4n) is 3.10. The van der Waals surface area contributed by atoms with Crippen LogP contribution in [0, 0.1) is 13.8 Å². The van der Waals surface area contributed by atoms with E-state index in [9.17, 15) is 9.59 Å². The Morgan fingerprint density at radius 2 is 1.58 bits per heavy atom. The molecule has 31 heavy (non-hydrogen) atoms. The second kappa shape index (κ2) is 10.3. The zero-order valence-electron chi connectivity index (χ0n) is 18.0. The average Bonchev–Trinajstić information content (AvgIpc) is 2.77. The van der Waals surface area contributed by atoms with Crippen molar-refractivity contribution in [1.29, 1.82) is 0 Å². The number of anilines is 2. The Morgan fingerprint density at radius 1 is 0.871 bits per heavy atom. The molecule has 0 unspecified atom stereocenters. The van der Waals surface area contributed by atoms with Gasteiger partial charge < -0.3 is 20.7 Å². The molecule has 3 rings (SSSR count). The number of hydrogen-bond donors (Lipinski definition) is 3. The van der Waals surface area contributed by atoms with Gasteiger partial charge in [-0.15, -0.1) is 0 Å². The molecule has 0 spiro atoms. The molecule has 0 aliphatic carbocycles. The van der Waals surface area contributed by atoms with Crippen LogP contribution >= 0.6 is 0 Å². The number of ether oxygens (including phenoxy) is 1. The van der Waals surface area contributed by atoms with Crippen molar-refractivity contribution in [1.82, 2.24) is 5.32 Å². The Labute approximate surface area is 182 Å². The fourth-order valence-corrected chi connectivity index (χ4v) is 3.10. The monoisotopic (exact) mass is 417 g/mol. The number of carbonyl (C=O) groups is 2. The van der Waals surface area contributed by atoms with Gasteiger partial charge in [-0.25, -0.2) is 0 Å². The maximum absolute atomic E-state index is 12.7. The summed E-state index contributed by atoms with van der Waals surface area (Å²) in [4.78, 5) is 25.2. The van der Waals surface area contributed by atoms with Gasteiger partial charge in [0.2, 0.25) is 5.91 Å². The molecule has 0 radical (unpaired) electrons. The van der Waals surface area contributed by atoms with Crippen LogP contribution in [0.3, 0.4) is 0 Å². The number of carbonyl (C=O) groups excluding carboxylic acids is 2. The summed E-state index contributed by atoms with van der Waals surface area (Å²) < 4.78 is 5.32. The maximum Gasteiger partial charge on any atom is 0.253 e. The molecule has 0 fully saturated rings. The van der Waals surface area contributed by atoms with E-state index in [4.69, 9.17) is 4.74 Å². The first kappa shape index (κ1) is 21.9. The minimum atomic E-state index is -0.262. The summed E-state index contributed by atoms with van der Waals surface area (Å²) in [5.41, 5.74) is 4.85. The van der Waals surface area contributed by atoms with Crippen molar-refractivity contribution >= 4 is 23.2 Å². The predicted molar refractivity (Wildman–Crippen MR) is 124 cm³/mol. The van der Waals surface area contributed by atoms with Gasteiger partial charge in [0.1, 0.15) is 5.75 Å². The van der Waals surface area contributed by atoms with E-state index in [0.717, 1.165) is 16.8 Å².